The van der Waals surface area contributed by atoms with Gasteiger partial charge in [-0.05, 0) is 41.3 Å². The van der Waals surface area contributed by atoms with Crippen molar-refractivity contribution in [1.29, 1.82) is 0 Å². The van der Waals surface area contributed by atoms with Crippen LogP contribution >= 0.6 is 0 Å². The molecule has 1 unspecified atom stereocenters. The van der Waals surface area contributed by atoms with Crippen molar-refractivity contribution >= 4 is 22.5 Å². The zero-order chi connectivity index (χ0) is 13.5. The van der Waals surface area contributed by atoms with Crippen molar-refractivity contribution in [3.63, 3.8) is 0 Å². The molecule has 1 aromatic heterocycles. The third-order valence-electron chi connectivity index (χ3n) is 3.66. The Morgan fingerprint density at radius 2 is 1.85 bits per heavy atom. The first-order valence-corrected chi connectivity index (χ1v) is 6.55. The summed E-state index contributed by atoms with van der Waals surface area (Å²) in [6.45, 7) is 0. The number of nitrogens with one attached hydrogen (secondary N) is 3. The number of hydrogen-bond acceptors (Lipinski definition) is 2. The smallest absolute Gasteiger partial charge is 0.255 e. The SMILES string of the molecule is O=C1NC(c2ccc3[nH]ccc3c2)Nc2ccccc21. The summed E-state index contributed by atoms with van der Waals surface area (Å²) in [4.78, 5) is 15.3. The minimum Gasteiger partial charge on any atom is -0.361 e. The van der Waals surface area contributed by atoms with Crippen molar-refractivity contribution in [2.24, 2.45) is 0 Å². The van der Waals surface area contributed by atoms with Gasteiger partial charge in [0.1, 0.15) is 6.17 Å². The van der Waals surface area contributed by atoms with E-state index in [-0.39, 0.29) is 12.1 Å². The molecule has 0 saturated heterocycles. The topological polar surface area (TPSA) is 56.9 Å². The summed E-state index contributed by atoms with van der Waals surface area (Å²) in [6, 6.07) is 15.7. The van der Waals surface area contributed by atoms with Crippen LogP contribution in [0.15, 0.2) is 54.7 Å². The van der Waals surface area contributed by atoms with Gasteiger partial charge in [-0.25, -0.2) is 0 Å². The van der Waals surface area contributed by atoms with Crippen LogP contribution in [0.25, 0.3) is 10.9 Å². The highest BCUT2D eigenvalue weighted by atomic mass is 16.2. The van der Waals surface area contributed by atoms with Gasteiger partial charge in [0, 0.05) is 17.4 Å². The normalized spacial score (nSPS) is 17.4. The van der Waals surface area contributed by atoms with Gasteiger partial charge in [0.05, 0.1) is 5.56 Å². The van der Waals surface area contributed by atoms with Gasteiger partial charge in [-0.2, -0.15) is 0 Å². The van der Waals surface area contributed by atoms with E-state index in [1.54, 1.807) is 0 Å². The molecule has 1 aliphatic rings. The number of rotatable bonds is 1. The standard InChI is InChI=1S/C16H13N3O/c20-16-12-3-1-2-4-14(12)18-15(19-16)11-5-6-13-10(9-11)7-8-17-13/h1-9,15,17-18H,(H,19,20). The molecule has 0 bridgehead atoms. The number of anilines is 1. The van der Waals surface area contributed by atoms with Crippen molar-refractivity contribution in [1.82, 2.24) is 10.3 Å². The fourth-order valence-electron chi connectivity index (χ4n) is 2.63. The van der Waals surface area contributed by atoms with Gasteiger partial charge < -0.3 is 15.6 Å². The molecule has 20 heavy (non-hydrogen) atoms. The summed E-state index contributed by atoms with van der Waals surface area (Å²) in [7, 11) is 0. The van der Waals surface area contributed by atoms with Crippen LogP contribution in [0.5, 0.6) is 0 Å². The number of aromatic nitrogens is 1. The predicted octanol–water partition coefficient (Wildman–Crippen LogP) is 3.02. The molecule has 3 N–H and O–H groups in total. The number of carbonyl (C=O) groups excluding carboxylic acids is 1. The second-order valence-corrected chi connectivity index (χ2v) is 4.92. The molecule has 0 saturated carbocycles. The van der Waals surface area contributed by atoms with E-state index in [2.05, 4.69) is 21.7 Å². The molecule has 1 amide bonds. The van der Waals surface area contributed by atoms with Gasteiger partial charge in [-0.3, -0.25) is 4.79 Å². The van der Waals surface area contributed by atoms with Crippen molar-refractivity contribution in [2.75, 3.05) is 5.32 Å². The lowest BCUT2D eigenvalue weighted by atomic mass is 10.0. The highest BCUT2D eigenvalue weighted by molar-refractivity contribution is 6.01. The lowest BCUT2D eigenvalue weighted by Gasteiger charge is -2.28. The van der Waals surface area contributed by atoms with Gasteiger partial charge >= 0.3 is 0 Å². The maximum absolute atomic E-state index is 12.1. The van der Waals surface area contributed by atoms with E-state index < -0.39 is 0 Å². The molecule has 1 aliphatic heterocycles. The Hall–Kier alpha value is -2.75. The van der Waals surface area contributed by atoms with Crippen LogP contribution in [0.4, 0.5) is 5.69 Å². The molecule has 4 nitrogen and oxygen atoms in total. The Labute approximate surface area is 115 Å². The van der Waals surface area contributed by atoms with Gasteiger partial charge in [-0.1, -0.05) is 18.2 Å². The van der Waals surface area contributed by atoms with E-state index in [4.69, 9.17) is 0 Å². The lowest BCUT2D eigenvalue weighted by molar-refractivity contribution is 0.0935. The van der Waals surface area contributed by atoms with Crippen molar-refractivity contribution in [3.05, 3.63) is 65.9 Å². The second-order valence-electron chi connectivity index (χ2n) is 4.92. The molecular formula is C16H13N3O. The van der Waals surface area contributed by atoms with Crippen LogP contribution in [-0.2, 0) is 0 Å². The van der Waals surface area contributed by atoms with Crippen LogP contribution < -0.4 is 10.6 Å². The minimum atomic E-state index is -0.198. The van der Waals surface area contributed by atoms with Crippen molar-refractivity contribution in [3.8, 4) is 0 Å². The maximum Gasteiger partial charge on any atom is 0.255 e. The quantitative estimate of drug-likeness (QED) is 0.632. The maximum atomic E-state index is 12.1. The Balaban J connectivity index is 1.75. The van der Waals surface area contributed by atoms with Crippen LogP contribution in [0, 0.1) is 0 Å². The third kappa shape index (κ3) is 1.66. The Bertz CT molecular complexity index is 806. The average Bonchev–Trinajstić information content (AvgIpc) is 2.94. The van der Waals surface area contributed by atoms with E-state index in [9.17, 15) is 4.79 Å². The monoisotopic (exact) mass is 263 g/mol. The Kier molecular flexibility index (Phi) is 2.29. The molecule has 98 valence electrons. The van der Waals surface area contributed by atoms with Crippen LogP contribution in [0.1, 0.15) is 22.1 Å². The van der Waals surface area contributed by atoms with Crippen molar-refractivity contribution < 1.29 is 4.79 Å². The Morgan fingerprint density at radius 3 is 2.80 bits per heavy atom. The van der Waals surface area contributed by atoms with Gasteiger partial charge in [0.15, 0.2) is 0 Å². The third-order valence-corrected chi connectivity index (χ3v) is 3.66. The van der Waals surface area contributed by atoms with Gasteiger partial charge in [0.25, 0.3) is 5.91 Å². The molecule has 3 aromatic rings. The number of amides is 1. The molecule has 2 heterocycles. The number of para-hydroxylation sites is 1. The van der Waals surface area contributed by atoms with Gasteiger partial charge in [-0.15, -0.1) is 0 Å². The number of fused-ring (bicyclic) bond motifs is 2. The molecule has 4 heteroatoms. The molecule has 0 spiro atoms. The van der Waals surface area contributed by atoms with E-state index in [1.807, 2.05) is 48.7 Å². The summed E-state index contributed by atoms with van der Waals surface area (Å²) >= 11 is 0. The predicted molar refractivity (Wildman–Crippen MR) is 78.6 cm³/mol. The molecule has 4 rings (SSSR count). The molecule has 0 fully saturated rings. The van der Waals surface area contributed by atoms with Crippen LogP contribution in [0.2, 0.25) is 0 Å². The molecular weight excluding hydrogens is 250 g/mol. The van der Waals surface area contributed by atoms with Gasteiger partial charge in [0.2, 0.25) is 0 Å². The summed E-state index contributed by atoms with van der Waals surface area (Å²) in [5, 5.41) is 7.48. The van der Waals surface area contributed by atoms with E-state index in [0.717, 1.165) is 22.2 Å². The Morgan fingerprint density at radius 1 is 0.950 bits per heavy atom. The fraction of sp³-hybridized carbons (Fsp3) is 0.0625. The molecule has 2 aromatic carbocycles. The first-order valence-electron chi connectivity index (χ1n) is 6.55. The molecule has 0 aliphatic carbocycles. The average molecular weight is 263 g/mol. The fourth-order valence-corrected chi connectivity index (χ4v) is 2.63. The van der Waals surface area contributed by atoms with E-state index in [1.165, 1.54) is 0 Å². The summed E-state index contributed by atoms with van der Waals surface area (Å²) in [6.07, 6.45) is 1.72. The first kappa shape index (κ1) is 11.1. The van der Waals surface area contributed by atoms with Crippen LogP contribution in [-0.4, -0.2) is 10.9 Å². The number of benzene rings is 2. The van der Waals surface area contributed by atoms with Crippen LogP contribution in [0.3, 0.4) is 0 Å². The number of hydrogen-bond donors (Lipinski definition) is 3. The number of carbonyl (C=O) groups is 1. The number of H-pyrrole nitrogens is 1. The van der Waals surface area contributed by atoms with Crippen molar-refractivity contribution in [2.45, 2.75) is 6.17 Å². The lowest BCUT2D eigenvalue weighted by Crippen LogP contribution is -2.38. The zero-order valence-electron chi connectivity index (χ0n) is 10.7. The summed E-state index contributed by atoms with van der Waals surface area (Å²) < 4.78 is 0. The van der Waals surface area contributed by atoms with E-state index >= 15 is 0 Å². The zero-order valence-corrected chi connectivity index (χ0v) is 10.7. The minimum absolute atomic E-state index is 0.0430. The van der Waals surface area contributed by atoms with E-state index in [0.29, 0.717) is 5.56 Å². The highest BCUT2D eigenvalue weighted by Gasteiger charge is 2.24. The largest absolute Gasteiger partial charge is 0.361 e. The molecule has 0 radical (unpaired) electrons. The summed E-state index contributed by atoms with van der Waals surface area (Å²) in [5.41, 5.74) is 3.69. The number of aromatic amines is 1. The first-order chi connectivity index (χ1) is 9.81. The highest BCUT2D eigenvalue weighted by Crippen LogP contribution is 2.27. The second kappa shape index (κ2) is 4.13. The molecule has 1 atom stereocenters. The summed E-state index contributed by atoms with van der Waals surface area (Å²) in [5.74, 6) is -0.0430.